The van der Waals surface area contributed by atoms with E-state index < -0.39 is 17.4 Å². The van der Waals surface area contributed by atoms with Crippen LogP contribution >= 0.6 is 11.6 Å². The summed E-state index contributed by atoms with van der Waals surface area (Å²) in [5.41, 5.74) is 1.21. The fourth-order valence-electron chi connectivity index (χ4n) is 2.89. The Kier molecular flexibility index (Phi) is 5.23. The molecule has 0 spiro atoms. The lowest BCUT2D eigenvalue weighted by molar-refractivity contribution is -0.141. The zero-order chi connectivity index (χ0) is 19.6. The molecular weight excluding hydrogens is 370 g/mol. The third kappa shape index (κ3) is 3.29. The van der Waals surface area contributed by atoms with Crippen LogP contribution in [-0.2, 0) is 22.6 Å². The Labute approximate surface area is 159 Å². The number of para-hydroxylation sites is 2. The molecule has 3 aromatic rings. The Balaban J connectivity index is 2.12. The minimum Gasteiger partial charge on any atom is -0.468 e. The van der Waals surface area contributed by atoms with Crippen molar-refractivity contribution in [2.24, 2.45) is 0 Å². The topological polar surface area (TPSA) is 103 Å². The van der Waals surface area contributed by atoms with Crippen molar-refractivity contribution in [3.63, 3.8) is 0 Å². The number of aromatic nitrogens is 4. The molecule has 8 nitrogen and oxygen atoms in total. The molecule has 0 saturated carbocycles. The van der Waals surface area contributed by atoms with Gasteiger partial charge in [-0.3, -0.25) is 9.59 Å². The van der Waals surface area contributed by atoms with E-state index in [1.165, 1.54) is 13.3 Å². The van der Waals surface area contributed by atoms with Gasteiger partial charge in [0.05, 0.1) is 30.4 Å². The number of imidazole rings is 1. The molecule has 0 bridgehead atoms. The van der Waals surface area contributed by atoms with Crippen molar-refractivity contribution in [1.82, 2.24) is 19.3 Å². The summed E-state index contributed by atoms with van der Waals surface area (Å²) in [7, 11) is 1.21. The Morgan fingerprint density at radius 1 is 1.41 bits per heavy atom. The lowest BCUT2D eigenvalue weighted by Gasteiger charge is -2.13. The minimum absolute atomic E-state index is 0.171. The van der Waals surface area contributed by atoms with Crippen LogP contribution in [0.3, 0.4) is 0 Å². The highest BCUT2D eigenvalue weighted by Crippen LogP contribution is 2.29. The van der Waals surface area contributed by atoms with E-state index in [2.05, 4.69) is 20.9 Å². The molecule has 3 rings (SSSR count). The second kappa shape index (κ2) is 7.60. The molecule has 0 aliphatic carbocycles. The first-order valence-electron chi connectivity index (χ1n) is 8.18. The quantitative estimate of drug-likeness (QED) is 0.623. The van der Waals surface area contributed by atoms with Crippen LogP contribution in [0.2, 0.25) is 5.02 Å². The summed E-state index contributed by atoms with van der Waals surface area (Å²) in [4.78, 5) is 28.4. The van der Waals surface area contributed by atoms with Gasteiger partial charge in [-0.2, -0.15) is 10.4 Å². The largest absolute Gasteiger partial charge is 0.468 e. The number of nitrogens with zero attached hydrogens (tertiary/aromatic N) is 5. The number of rotatable bonds is 5. The van der Waals surface area contributed by atoms with Gasteiger partial charge in [0.15, 0.2) is 0 Å². The summed E-state index contributed by atoms with van der Waals surface area (Å²) in [5.74, 6) is -1.02. The Hall–Kier alpha value is -3.18. The predicted octanol–water partition coefficient (Wildman–Crippen LogP) is 2.09. The van der Waals surface area contributed by atoms with Gasteiger partial charge in [-0.25, -0.2) is 9.67 Å². The number of esters is 1. The van der Waals surface area contributed by atoms with E-state index in [0.29, 0.717) is 12.4 Å². The molecule has 0 radical (unpaired) electrons. The highest BCUT2D eigenvalue weighted by Gasteiger charge is 2.26. The molecule has 1 aromatic carbocycles. The van der Waals surface area contributed by atoms with Crippen LogP contribution in [0.4, 0.5) is 0 Å². The number of carbonyl (C=O) groups excluding carboxylic acids is 1. The van der Waals surface area contributed by atoms with Gasteiger partial charge in [-0.05, 0) is 19.1 Å². The van der Waals surface area contributed by atoms with Gasteiger partial charge in [-0.15, -0.1) is 0 Å². The standard InChI is InChI=1S/C18H16ClN5O3/c1-3-23-14-7-5-4-6-13(14)22-17(23)11(8-20)12-9-21-24(10-15(25)27-2)18(26)16(12)19/h4-7,9,11H,3,10H2,1-2H3. The third-order valence-corrected chi connectivity index (χ3v) is 4.60. The number of hydrogen-bond donors (Lipinski definition) is 0. The monoisotopic (exact) mass is 385 g/mol. The molecule has 0 aliphatic rings. The van der Waals surface area contributed by atoms with Gasteiger partial charge in [0.25, 0.3) is 5.56 Å². The van der Waals surface area contributed by atoms with Crippen molar-refractivity contribution in [3.8, 4) is 6.07 Å². The van der Waals surface area contributed by atoms with Gasteiger partial charge in [-0.1, -0.05) is 23.7 Å². The van der Waals surface area contributed by atoms with E-state index in [-0.39, 0.29) is 17.1 Å². The molecule has 138 valence electrons. The molecule has 2 aromatic heterocycles. The number of methoxy groups -OCH3 is 1. The molecule has 1 atom stereocenters. The van der Waals surface area contributed by atoms with Gasteiger partial charge in [0.2, 0.25) is 0 Å². The minimum atomic E-state index is -0.877. The highest BCUT2D eigenvalue weighted by atomic mass is 35.5. The van der Waals surface area contributed by atoms with Crippen molar-refractivity contribution in [3.05, 3.63) is 57.2 Å². The number of fused-ring (bicyclic) bond motifs is 1. The zero-order valence-corrected chi connectivity index (χ0v) is 15.5. The summed E-state index contributed by atoms with van der Waals surface area (Å²) < 4.78 is 7.33. The first kappa shape index (κ1) is 18.6. The normalized spacial score (nSPS) is 11.9. The van der Waals surface area contributed by atoms with Gasteiger partial charge in [0.1, 0.15) is 23.3 Å². The molecule has 0 aliphatic heterocycles. The van der Waals surface area contributed by atoms with Gasteiger partial charge >= 0.3 is 5.97 Å². The maximum Gasteiger partial charge on any atom is 0.327 e. The third-order valence-electron chi connectivity index (χ3n) is 4.22. The highest BCUT2D eigenvalue weighted by molar-refractivity contribution is 6.31. The molecule has 0 amide bonds. The van der Waals surface area contributed by atoms with E-state index >= 15 is 0 Å². The molecule has 1 unspecified atom stereocenters. The molecule has 0 N–H and O–H groups in total. The summed E-state index contributed by atoms with van der Waals surface area (Å²) >= 11 is 6.23. The number of nitriles is 1. The molecular formula is C18H16ClN5O3. The average molecular weight is 386 g/mol. The SMILES string of the molecule is CCn1c(C(C#N)c2cnn(CC(=O)OC)c(=O)c2Cl)nc2ccccc21. The number of ether oxygens (including phenoxy) is 1. The fourth-order valence-corrected chi connectivity index (χ4v) is 3.15. The molecule has 0 fully saturated rings. The van der Waals surface area contributed by atoms with Crippen molar-refractivity contribution < 1.29 is 9.53 Å². The number of benzene rings is 1. The number of carbonyl (C=O) groups is 1. The average Bonchev–Trinajstić information content (AvgIpc) is 3.05. The zero-order valence-electron chi connectivity index (χ0n) is 14.7. The summed E-state index contributed by atoms with van der Waals surface area (Å²) in [6.07, 6.45) is 1.32. The lowest BCUT2D eigenvalue weighted by atomic mass is 10.0. The van der Waals surface area contributed by atoms with Crippen LogP contribution < -0.4 is 5.56 Å². The summed E-state index contributed by atoms with van der Waals surface area (Å²) in [6, 6.07) is 9.69. The lowest BCUT2D eigenvalue weighted by Crippen LogP contribution is -2.29. The van der Waals surface area contributed by atoms with Crippen LogP contribution in [0.5, 0.6) is 0 Å². The summed E-state index contributed by atoms with van der Waals surface area (Å²) in [5, 5.41) is 13.6. The second-order valence-corrected chi connectivity index (χ2v) is 6.10. The Morgan fingerprint density at radius 2 is 2.15 bits per heavy atom. The van der Waals surface area contributed by atoms with Gasteiger partial charge in [0, 0.05) is 12.1 Å². The Morgan fingerprint density at radius 3 is 2.81 bits per heavy atom. The van der Waals surface area contributed by atoms with Crippen LogP contribution in [0.25, 0.3) is 11.0 Å². The Bertz CT molecular complexity index is 1110. The van der Waals surface area contributed by atoms with Crippen LogP contribution in [0.1, 0.15) is 24.2 Å². The first-order chi connectivity index (χ1) is 13.0. The maximum absolute atomic E-state index is 12.4. The maximum atomic E-state index is 12.4. The number of halogens is 1. The van der Waals surface area contributed by atoms with Crippen LogP contribution in [0.15, 0.2) is 35.3 Å². The fraction of sp³-hybridized carbons (Fsp3) is 0.278. The molecule has 2 heterocycles. The molecule has 9 heteroatoms. The first-order valence-corrected chi connectivity index (χ1v) is 8.56. The smallest absolute Gasteiger partial charge is 0.327 e. The predicted molar refractivity (Wildman–Crippen MR) is 98.4 cm³/mol. The second-order valence-electron chi connectivity index (χ2n) is 5.72. The van der Waals surface area contributed by atoms with E-state index in [1.807, 2.05) is 35.8 Å². The van der Waals surface area contributed by atoms with E-state index in [4.69, 9.17) is 11.6 Å². The van der Waals surface area contributed by atoms with Crippen LogP contribution in [0, 0.1) is 11.3 Å². The number of hydrogen-bond acceptors (Lipinski definition) is 6. The van der Waals surface area contributed by atoms with Gasteiger partial charge < -0.3 is 9.30 Å². The number of aryl methyl sites for hydroxylation is 1. The van der Waals surface area contributed by atoms with Crippen molar-refractivity contribution in [1.29, 1.82) is 5.26 Å². The summed E-state index contributed by atoms with van der Waals surface area (Å²) in [6.45, 7) is 2.18. The van der Waals surface area contributed by atoms with E-state index in [1.54, 1.807) is 0 Å². The van der Waals surface area contributed by atoms with E-state index in [9.17, 15) is 14.9 Å². The molecule has 0 saturated heterocycles. The molecule has 27 heavy (non-hydrogen) atoms. The van der Waals surface area contributed by atoms with Crippen molar-refractivity contribution >= 4 is 28.6 Å². The van der Waals surface area contributed by atoms with E-state index in [0.717, 1.165) is 15.7 Å². The van der Waals surface area contributed by atoms with Crippen molar-refractivity contribution in [2.75, 3.05) is 7.11 Å². The van der Waals surface area contributed by atoms with Crippen molar-refractivity contribution in [2.45, 2.75) is 25.9 Å². The van der Waals surface area contributed by atoms with Crippen LogP contribution in [-0.4, -0.2) is 32.4 Å².